The molecule has 6 heteroatoms. The number of nitrogens with zero attached hydrogens (tertiary/aromatic N) is 3. The van der Waals surface area contributed by atoms with Crippen LogP contribution >= 0.6 is 0 Å². The molecule has 1 saturated carbocycles. The van der Waals surface area contributed by atoms with Gasteiger partial charge in [-0.05, 0) is 25.3 Å². The van der Waals surface area contributed by atoms with Crippen molar-refractivity contribution in [3.63, 3.8) is 0 Å². The van der Waals surface area contributed by atoms with Crippen LogP contribution in [0.2, 0.25) is 0 Å². The molecule has 2 rings (SSSR count). The quantitative estimate of drug-likeness (QED) is 0.725. The number of aromatic nitrogens is 3. The number of nitrogens with one attached hydrogen (secondary N) is 2. The monoisotopic (exact) mass is 265 g/mol. The Hall–Kier alpha value is -1.43. The lowest BCUT2D eigenvalue weighted by molar-refractivity contribution is -0.121. The molecule has 1 heterocycles. The molecule has 1 aliphatic rings. The number of carbonyl (C=O) groups excluding carboxylic acids is 1. The topological polar surface area (TPSA) is 71.8 Å². The van der Waals surface area contributed by atoms with Crippen molar-refractivity contribution in [1.29, 1.82) is 0 Å². The first-order valence-corrected chi connectivity index (χ1v) is 7.02. The molecule has 1 aromatic heterocycles. The van der Waals surface area contributed by atoms with Gasteiger partial charge in [0.25, 0.3) is 0 Å². The van der Waals surface area contributed by atoms with Gasteiger partial charge in [-0.2, -0.15) is 0 Å². The molecule has 1 aromatic rings. The summed E-state index contributed by atoms with van der Waals surface area (Å²) in [5, 5.41) is 14.4. The summed E-state index contributed by atoms with van der Waals surface area (Å²) in [7, 11) is 0. The lowest BCUT2D eigenvalue weighted by Crippen LogP contribution is -2.26. The van der Waals surface area contributed by atoms with Crippen LogP contribution in [-0.2, 0) is 17.9 Å². The molecular formula is C13H23N5O. The third-order valence-electron chi connectivity index (χ3n) is 2.96. The van der Waals surface area contributed by atoms with Gasteiger partial charge in [0.05, 0.1) is 12.2 Å². The minimum absolute atomic E-state index is 0.109. The van der Waals surface area contributed by atoms with Crippen molar-refractivity contribution in [3.8, 4) is 0 Å². The van der Waals surface area contributed by atoms with Crippen LogP contribution in [0.3, 0.4) is 0 Å². The zero-order valence-electron chi connectivity index (χ0n) is 11.7. The van der Waals surface area contributed by atoms with Crippen LogP contribution in [0, 0.1) is 5.92 Å². The molecule has 19 heavy (non-hydrogen) atoms. The summed E-state index contributed by atoms with van der Waals surface area (Å²) < 4.78 is 1.73. The summed E-state index contributed by atoms with van der Waals surface area (Å²) >= 11 is 0. The van der Waals surface area contributed by atoms with Crippen molar-refractivity contribution in [2.75, 3.05) is 6.54 Å². The number of aryl methyl sites for hydroxylation is 1. The Morgan fingerprint density at radius 2 is 2.32 bits per heavy atom. The zero-order valence-corrected chi connectivity index (χ0v) is 11.7. The van der Waals surface area contributed by atoms with E-state index >= 15 is 0 Å². The normalized spacial score (nSPS) is 14.9. The second-order valence-corrected chi connectivity index (χ2v) is 5.59. The SMILES string of the molecule is CC(C)CNCc1cn(CCC(=O)NC2CC2)nn1. The fraction of sp³-hybridized carbons (Fsp3) is 0.769. The van der Waals surface area contributed by atoms with Crippen LogP contribution in [0.4, 0.5) is 0 Å². The summed E-state index contributed by atoms with van der Waals surface area (Å²) in [4.78, 5) is 11.5. The number of hydrogen-bond donors (Lipinski definition) is 2. The van der Waals surface area contributed by atoms with Crippen molar-refractivity contribution < 1.29 is 4.79 Å². The molecule has 6 nitrogen and oxygen atoms in total. The molecule has 0 radical (unpaired) electrons. The van der Waals surface area contributed by atoms with E-state index in [-0.39, 0.29) is 5.91 Å². The van der Waals surface area contributed by atoms with E-state index in [1.807, 2.05) is 6.20 Å². The van der Waals surface area contributed by atoms with Gasteiger partial charge in [0.2, 0.25) is 5.91 Å². The number of amides is 1. The summed E-state index contributed by atoms with van der Waals surface area (Å²) in [6.07, 6.45) is 4.62. The minimum Gasteiger partial charge on any atom is -0.353 e. The largest absolute Gasteiger partial charge is 0.353 e. The zero-order chi connectivity index (χ0) is 13.7. The second kappa shape index (κ2) is 6.65. The number of hydrogen-bond acceptors (Lipinski definition) is 4. The van der Waals surface area contributed by atoms with Crippen LogP contribution in [-0.4, -0.2) is 33.5 Å². The Balaban J connectivity index is 1.66. The van der Waals surface area contributed by atoms with Crippen molar-refractivity contribution in [2.45, 2.75) is 52.2 Å². The summed E-state index contributed by atoms with van der Waals surface area (Å²) in [6, 6.07) is 0.430. The molecule has 0 aliphatic heterocycles. The predicted octanol–water partition coefficient (Wildman–Crippen LogP) is 0.692. The molecule has 1 aliphatic carbocycles. The summed E-state index contributed by atoms with van der Waals surface area (Å²) in [6.45, 7) is 6.63. The Labute approximate surface area is 113 Å². The molecule has 0 unspecified atom stereocenters. The Morgan fingerprint density at radius 3 is 3.00 bits per heavy atom. The van der Waals surface area contributed by atoms with E-state index in [2.05, 4.69) is 34.8 Å². The van der Waals surface area contributed by atoms with Crippen molar-refractivity contribution >= 4 is 5.91 Å². The Morgan fingerprint density at radius 1 is 1.53 bits per heavy atom. The van der Waals surface area contributed by atoms with E-state index in [0.717, 1.165) is 31.6 Å². The van der Waals surface area contributed by atoms with Gasteiger partial charge in [-0.25, -0.2) is 0 Å². The number of carbonyl (C=O) groups is 1. The molecular weight excluding hydrogens is 242 g/mol. The molecule has 0 atom stereocenters. The van der Waals surface area contributed by atoms with Gasteiger partial charge in [-0.1, -0.05) is 19.1 Å². The molecule has 0 spiro atoms. The van der Waals surface area contributed by atoms with Gasteiger partial charge in [-0.3, -0.25) is 9.48 Å². The third-order valence-corrected chi connectivity index (χ3v) is 2.96. The maximum absolute atomic E-state index is 11.5. The highest BCUT2D eigenvalue weighted by atomic mass is 16.1. The van der Waals surface area contributed by atoms with E-state index in [9.17, 15) is 4.79 Å². The first-order valence-electron chi connectivity index (χ1n) is 7.02. The smallest absolute Gasteiger partial charge is 0.222 e. The molecule has 0 aromatic carbocycles. The van der Waals surface area contributed by atoms with Crippen LogP contribution < -0.4 is 10.6 Å². The highest BCUT2D eigenvalue weighted by Gasteiger charge is 2.22. The highest BCUT2D eigenvalue weighted by Crippen LogP contribution is 2.18. The van der Waals surface area contributed by atoms with Crippen LogP contribution in [0.5, 0.6) is 0 Å². The van der Waals surface area contributed by atoms with Gasteiger partial charge in [0.15, 0.2) is 0 Å². The van der Waals surface area contributed by atoms with Crippen molar-refractivity contribution in [1.82, 2.24) is 25.6 Å². The van der Waals surface area contributed by atoms with E-state index in [0.29, 0.717) is 24.9 Å². The average molecular weight is 265 g/mol. The van der Waals surface area contributed by atoms with Crippen molar-refractivity contribution in [2.24, 2.45) is 5.92 Å². The lowest BCUT2D eigenvalue weighted by Gasteiger charge is -2.04. The van der Waals surface area contributed by atoms with Crippen LogP contribution in [0.25, 0.3) is 0 Å². The summed E-state index contributed by atoms with van der Waals surface area (Å²) in [5.74, 6) is 0.735. The van der Waals surface area contributed by atoms with Gasteiger partial charge in [-0.15, -0.1) is 5.10 Å². The minimum atomic E-state index is 0.109. The maximum atomic E-state index is 11.5. The maximum Gasteiger partial charge on any atom is 0.222 e. The summed E-state index contributed by atoms with van der Waals surface area (Å²) in [5.41, 5.74) is 0.920. The van der Waals surface area contributed by atoms with E-state index in [1.165, 1.54) is 0 Å². The molecule has 106 valence electrons. The Kier molecular flexibility index (Phi) is 4.90. The van der Waals surface area contributed by atoms with E-state index in [4.69, 9.17) is 0 Å². The predicted molar refractivity (Wildman–Crippen MR) is 72.3 cm³/mol. The van der Waals surface area contributed by atoms with E-state index in [1.54, 1.807) is 4.68 Å². The third kappa shape index (κ3) is 5.38. The fourth-order valence-corrected chi connectivity index (χ4v) is 1.76. The van der Waals surface area contributed by atoms with Gasteiger partial charge >= 0.3 is 0 Å². The first-order chi connectivity index (χ1) is 9.13. The first kappa shape index (κ1) is 14.0. The molecule has 0 saturated heterocycles. The average Bonchev–Trinajstić information content (AvgIpc) is 3.04. The van der Waals surface area contributed by atoms with Crippen molar-refractivity contribution in [3.05, 3.63) is 11.9 Å². The fourth-order valence-electron chi connectivity index (χ4n) is 1.76. The lowest BCUT2D eigenvalue weighted by atomic mass is 10.2. The van der Waals surface area contributed by atoms with E-state index < -0.39 is 0 Å². The molecule has 1 amide bonds. The molecule has 0 bridgehead atoms. The second-order valence-electron chi connectivity index (χ2n) is 5.59. The number of rotatable bonds is 8. The molecule has 1 fully saturated rings. The van der Waals surface area contributed by atoms with Crippen LogP contribution in [0.15, 0.2) is 6.20 Å². The Bertz CT molecular complexity index is 411. The molecule has 2 N–H and O–H groups in total. The standard InChI is InChI=1S/C13H23N5O/c1-10(2)7-14-8-12-9-18(17-16-12)6-5-13(19)15-11-3-4-11/h9-11,14H,3-8H2,1-2H3,(H,15,19). The van der Waals surface area contributed by atoms with Crippen LogP contribution in [0.1, 0.15) is 38.8 Å². The van der Waals surface area contributed by atoms with Gasteiger partial charge in [0, 0.05) is 25.2 Å². The van der Waals surface area contributed by atoms with Gasteiger partial charge in [0.1, 0.15) is 0 Å². The van der Waals surface area contributed by atoms with Gasteiger partial charge < -0.3 is 10.6 Å². The highest BCUT2D eigenvalue weighted by molar-refractivity contribution is 5.76.